The van der Waals surface area contributed by atoms with Crippen molar-refractivity contribution in [2.45, 2.75) is 13.1 Å². The Hall–Kier alpha value is 0.177. The van der Waals surface area contributed by atoms with Gasteiger partial charge in [0.15, 0.2) is 0 Å². The minimum Gasteiger partial charge on any atom is -0.861 e. The van der Waals surface area contributed by atoms with E-state index in [-0.39, 0.29) is 0 Å². The largest absolute Gasteiger partial charge is 0.861 e. The van der Waals surface area contributed by atoms with Gasteiger partial charge in [-0.1, -0.05) is 22.1 Å². The average Bonchev–Trinajstić information content (AvgIpc) is 0.811. The molecule has 0 aliphatic heterocycles. The van der Waals surface area contributed by atoms with Crippen molar-refractivity contribution in [1.82, 2.24) is 0 Å². The minimum atomic E-state index is -1.13. The van der Waals surface area contributed by atoms with E-state index in [4.69, 9.17) is 0 Å². The predicted octanol–water partition coefficient (Wildman–Crippen LogP) is -0.402. The molecule has 0 rings (SSSR count). The summed E-state index contributed by atoms with van der Waals surface area (Å²) in [5.41, 5.74) is 0. The maximum absolute atomic E-state index is 9.63. The zero-order chi connectivity index (χ0) is 3.58. The molecule has 0 heterocycles. The Bertz CT molecular complexity index is 10.8. The molecule has 0 unspecified atom stereocenters. The van der Waals surface area contributed by atoms with Crippen molar-refractivity contribution in [2.24, 2.45) is 0 Å². The average molecular weight is 74.2 g/mol. The van der Waals surface area contributed by atoms with Gasteiger partial charge in [-0.2, -0.15) is 0 Å². The molecule has 0 amide bonds. The van der Waals surface area contributed by atoms with Crippen LogP contribution in [-0.4, -0.2) is 9.04 Å². The van der Waals surface area contributed by atoms with Gasteiger partial charge in [-0.3, -0.25) is 0 Å². The maximum atomic E-state index is 9.63. The Morgan fingerprint density at radius 3 is 1.50 bits per heavy atom. The van der Waals surface area contributed by atoms with Gasteiger partial charge in [-0.15, -0.1) is 0 Å². The molecule has 1 radical (unpaired) electrons. The maximum Gasteiger partial charge on any atom is -0.0751 e. The molecule has 0 aromatic rings. The number of hydrogen-bond donors (Lipinski definition) is 0. The van der Waals surface area contributed by atoms with Crippen LogP contribution in [0.1, 0.15) is 0 Å². The van der Waals surface area contributed by atoms with Crippen molar-refractivity contribution in [3.63, 3.8) is 0 Å². The predicted molar refractivity (Wildman–Crippen MR) is 17.5 cm³/mol. The third kappa shape index (κ3) is 96.4. The first-order valence-electron chi connectivity index (χ1n) is 1.20. The third-order valence-corrected chi connectivity index (χ3v) is 0. The summed E-state index contributed by atoms with van der Waals surface area (Å²) in [4.78, 5) is 9.63. The lowest BCUT2D eigenvalue weighted by molar-refractivity contribution is -0.190. The standard InChI is InChI=1S/C2H6OSi/c1-4(2)3/h1-2H3/q-1. The van der Waals surface area contributed by atoms with E-state index in [0.29, 0.717) is 0 Å². The fourth-order valence-electron chi connectivity index (χ4n) is 0. The summed E-state index contributed by atoms with van der Waals surface area (Å²) in [5.74, 6) is 0. The van der Waals surface area contributed by atoms with Crippen molar-refractivity contribution in [1.29, 1.82) is 0 Å². The molecule has 0 aromatic heterocycles. The second-order valence-electron chi connectivity index (χ2n) is 0.908. The van der Waals surface area contributed by atoms with E-state index >= 15 is 0 Å². The summed E-state index contributed by atoms with van der Waals surface area (Å²) >= 11 is 0. The highest BCUT2D eigenvalue weighted by Crippen LogP contribution is 1.52. The van der Waals surface area contributed by atoms with Gasteiger partial charge in [-0.25, -0.2) is 0 Å². The van der Waals surface area contributed by atoms with E-state index < -0.39 is 9.04 Å². The summed E-state index contributed by atoms with van der Waals surface area (Å²) in [7, 11) is -1.13. The van der Waals surface area contributed by atoms with Gasteiger partial charge in [0.2, 0.25) is 0 Å². The minimum absolute atomic E-state index is 1.13. The highest BCUT2D eigenvalue weighted by molar-refractivity contribution is 6.44. The number of hydrogen-bond acceptors (Lipinski definition) is 1. The first-order chi connectivity index (χ1) is 1.73. The van der Waals surface area contributed by atoms with Gasteiger partial charge in [0.1, 0.15) is 0 Å². The van der Waals surface area contributed by atoms with E-state index in [2.05, 4.69) is 0 Å². The summed E-state index contributed by atoms with van der Waals surface area (Å²) in [6, 6.07) is 0. The molecule has 0 fully saturated rings. The molecule has 0 aliphatic rings. The normalized spacial score (nSPS) is 9.00. The second-order valence-corrected chi connectivity index (χ2v) is 2.72. The SMILES string of the molecule is C[Si](C)[O-]. The van der Waals surface area contributed by atoms with Gasteiger partial charge < -0.3 is 4.80 Å². The Labute approximate surface area is 28.0 Å². The van der Waals surface area contributed by atoms with Crippen molar-refractivity contribution in [3.8, 4) is 0 Å². The zero-order valence-electron chi connectivity index (χ0n) is 2.91. The van der Waals surface area contributed by atoms with Crippen molar-refractivity contribution < 1.29 is 4.80 Å². The Kier molecular flexibility index (Phi) is 1.56. The van der Waals surface area contributed by atoms with E-state index in [1.165, 1.54) is 0 Å². The zero-order valence-corrected chi connectivity index (χ0v) is 3.91. The fourth-order valence-corrected chi connectivity index (χ4v) is 0. The van der Waals surface area contributed by atoms with Crippen LogP contribution in [0.5, 0.6) is 0 Å². The van der Waals surface area contributed by atoms with E-state index in [9.17, 15) is 4.80 Å². The lowest BCUT2D eigenvalue weighted by Gasteiger charge is -2.00. The molecule has 0 saturated heterocycles. The van der Waals surface area contributed by atoms with Crippen molar-refractivity contribution >= 4 is 9.04 Å². The highest BCUT2D eigenvalue weighted by Gasteiger charge is 1.56. The second kappa shape index (κ2) is 1.49. The highest BCUT2D eigenvalue weighted by atomic mass is 28.3. The summed E-state index contributed by atoms with van der Waals surface area (Å²) in [5, 5.41) is 0. The van der Waals surface area contributed by atoms with Gasteiger partial charge in [-0.05, 0) is 0 Å². The summed E-state index contributed by atoms with van der Waals surface area (Å²) < 4.78 is 0. The first-order valence-corrected chi connectivity index (χ1v) is 3.61. The topological polar surface area (TPSA) is 23.1 Å². The van der Waals surface area contributed by atoms with Gasteiger partial charge in [0, 0.05) is 0 Å². The van der Waals surface area contributed by atoms with Crippen LogP contribution in [-0.2, 0) is 0 Å². The fraction of sp³-hybridized carbons (Fsp3) is 1.00. The van der Waals surface area contributed by atoms with Crippen molar-refractivity contribution in [3.05, 3.63) is 0 Å². The van der Waals surface area contributed by atoms with Crippen LogP contribution in [0, 0.1) is 0 Å². The van der Waals surface area contributed by atoms with E-state index in [1.54, 1.807) is 13.1 Å². The lowest BCUT2D eigenvalue weighted by atomic mass is 11.9. The molecule has 0 saturated carbocycles. The van der Waals surface area contributed by atoms with Crippen LogP contribution < -0.4 is 4.80 Å². The Morgan fingerprint density at radius 2 is 1.50 bits per heavy atom. The summed E-state index contributed by atoms with van der Waals surface area (Å²) in [6.07, 6.45) is 0. The smallest absolute Gasteiger partial charge is 0.0751 e. The van der Waals surface area contributed by atoms with Gasteiger partial charge in [0.25, 0.3) is 0 Å². The van der Waals surface area contributed by atoms with Crippen LogP contribution in [0.3, 0.4) is 0 Å². The molecule has 0 aromatic carbocycles. The monoisotopic (exact) mass is 74.0 g/mol. The van der Waals surface area contributed by atoms with Crippen molar-refractivity contribution in [2.75, 3.05) is 0 Å². The third-order valence-electron chi connectivity index (χ3n) is 0. The van der Waals surface area contributed by atoms with Crippen LogP contribution >= 0.6 is 0 Å². The van der Waals surface area contributed by atoms with E-state index in [1.807, 2.05) is 0 Å². The van der Waals surface area contributed by atoms with Gasteiger partial charge >= 0.3 is 0 Å². The van der Waals surface area contributed by atoms with Crippen LogP contribution in [0.2, 0.25) is 13.1 Å². The lowest BCUT2D eigenvalue weighted by Crippen LogP contribution is -2.20. The molecular weight excluding hydrogens is 68.1 g/mol. The Balaban J connectivity index is 2.32. The molecule has 0 bridgehead atoms. The Morgan fingerprint density at radius 1 is 1.50 bits per heavy atom. The summed E-state index contributed by atoms with van der Waals surface area (Å²) in [6.45, 7) is 3.43. The van der Waals surface area contributed by atoms with Crippen LogP contribution in [0.25, 0.3) is 0 Å². The molecule has 0 N–H and O–H groups in total. The molecule has 25 valence electrons. The quantitative estimate of drug-likeness (QED) is 0.358. The van der Waals surface area contributed by atoms with Gasteiger partial charge in [0.05, 0.1) is 0 Å². The molecular formula is C2H6OSi-. The molecule has 0 spiro atoms. The molecule has 1 nitrogen and oxygen atoms in total. The van der Waals surface area contributed by atoms with Crippen LogP contribution in [0.4, 0.5) is 0 Å². The molecule has 4 heavy (non-hydrogen) atoms. The van der Waals surface area contributed by atoms with E-state index in [0.717, 1.165) is 0 Å². The first kappa shape index (κ1) is 4.18. The van der Waals surface area contributed by atoms with Crippen LogP contribution in [0.15, 0.2) is 0 Å². The number of rotatable bonds is 0. The molecule has 0 atom stereocenters. The molecule has 0 aliphatic carbocycles. The molecule has 2 heteroatoms.